The van der Waals surface area contributed by atoms with Crippen LogP contribution in [0, 0.1) is 5.92 Å². The molecule has 0 saturated carbocycles. The summed E-state index contributed by atoms with van der Waals surface area (Å²) in [5.41, 5.74) is 0. The van der Waals surface area contributed by atoms with E-state index in [1.807, 2.05) is 6.92 Å². The van der Waals surface area contributed by atoms with Crippen LogP contribution in [0.2, 0.25) is 0 Å². The maximum atomic E-state index is 10.9. The predicted octanol–water partition coefficient (Wildman–Crippen LogP) is 3.08. The monoisotopic (exact) mass is 216 g/mol. The molecule has 1 N–H and O–H groups in total. The standard InChI is InChI=1S/C12H24O3/c1-5-6-7-11(12(13)14)15-10(4)8-9(2)3/h9-11H,5-8H2,1-4H3,(H,13,14). The summed E-state index contributed by atoms with van der Waals surface area (Å²) in [7, 11) is 0. The van der Waals surface area contributed by atoms with Gasteiger partial charge >= 0.3 is 5.97 Å². The minimum atomic E-state index is -0.834. The SMILES string of the molecule is CCCCC(OC(C)CC(C)C)C(=O)O. The topological polar surface area (TPSA) is 46.5 Å². The molecule has 0 aliphatic carbocycles. The smallest absolute Gasteiger partial charge is 0.332 e. The summed E-state index contributed by atoms with van der Waals surface area (Å²) in [5.74, 6) is -0.292. The second-order valence-corrected chi connectivity index (χ2v) is 4.55. The summed E-state index contributed by atoms with van der Waals surface area (Å²) in [5, 5.41) is 8.96. The summed E-state index contributed by atoms with van der Waals surface area (Å²) in [6.07, 6.45) is 2.85. The third-order valence-corrected chi connectivity index (χ3v) is 2.30. The Balaban J connectivity index is 3.98. The number of ether oxygens (including phenoxy) is 1. The fraction of sp³-hybridized carbons (Fsp3) is 0.917. The second-order valence-electron chi connectivity index (χ2n) is 4.55. The van der Waals surface area contributed by atoms with Crippen LogP contribution in [-0.4, -0.2) is 23.3 Å². The third-order valence-electron chi connectivity index (χ3n) is 2.30. The summed E-state index contributed by atoms with van der Waals surface area (Å²) in [6, 6.07) is 0. The number of carbonyl (C=O) groups is 1. The molecule has 2 unspecified atom stereocenters. The summed E-state index contributed by atoms with van der Waals surface area (Å²) in [4.78, 5) is 10.9. The van der Waals surface area contributed by atoms with Crippen LogP contribution in [-0.2, 0) is 9.53 Å². The van der Waals surface area contributed by atoms with Gasteiger partial charge in [-0.3, -0.25) is 0 Å². The average molecular weight is 216 g/mol. The fourth-order valence-electron chi connectivity index (χ4n) is 1.64. The maximum Gasteiger partial charge on any atom is 0.332 e. The molecule has 90 valence electrons. The van der Waals surface area contributed by atoms with Crippen molar-refractivity contribution in [1.82, 2.24) is 0 Å². The van der Waals surface area contributed by atoms with E-state index >= 15 is 0 Å². The van der Waals surface area contributed by atoms with Crippen LogP contribution in [0.5, 0.6) is 0 Å². The van der Waals surface area contributed by atoms with Crippen molar-refractivity contribution in [1.29, 1.82) is 0 Å². The normalized spacial score (nSPS) is 15.3. The van der Waals surface area contributed by atoms with Crippen LogP contribution in [0.25, 0.3) is 0 Å². The van der Waals surface area contributed by atoms with Crippen molar-refractivity contribution < 1.29 is 14.6 Å². The van der Waals surface area contributed by atoms with Crippen molar-refractivity contribution in [2.24, 2.45) is 5.92 Å². The van der Waals surface area contributed by atoms with E-state index in [1.54, 1.807) is 0 Å². The van der Waals surface area contributed by atoms with E-state index in [1.165, 1.54) is 0 Å². The van der Waals surface area contributed by atoms with Crippen molar-refractivity contribution in [3.63, 3.8) is 0 Å². The Labute approximate surface area is 92.8 Å². The van der Waals surface area contributed by atoms with E-state index in [9.17, 15) is 4.79 Å². The van der Waals surface area contributed by atoms with Gasteiger partial charge in [-0.15, -0.1) is 0 Å². The molecule has 0 rings (SSSR count). The number of carboxylic acids is 1. The molecule has 3 heteroatoms. The molecule has 0 heterocycles. The van der Waals surface area contributed by atoms with E-state index in [4.69, 9.17) is 9.84 Å². The highest BCUT2D eigenvalue weighted by molar-refractivity contribution is 5.72. The molecular weight excluding hydrogens is 192 g/mol. The van der Waals surface area contributed by atoms with Gasteiger partial charge in [0.2, 0.25) is 0 Å². The van der Waals surface area contributed by atoms with E-state index in [2.05, 4.69) is 20.8 Å². The van der Waals surface area contributed by atoms with E-state index in [0.29, 0.717) is 12.3 Å². The van der Waals surface area contributed by atoms with Crippen LogP contribution in [0.3, 0.4) is 0 Å². The first-order valence-corrected chi connectivity index (χ1v) is 5.85. The number of aliphatic carboxylic acids is 1. The van der Waals surface area contributed by atoms with Crippen LogP contribution >= 0.6 is 0 Å². The Morgan fingerprint density at radius 2 is 1.93 bits per heavy atom. The van der Waals surface area contributed by atoms with Crippen LogP contribution < -0.4 is 0 Å². The van der Waals surface area contributed by atoms with Crippen LogP contribution in [0.15, 0.2) is 0 Å². The van der Waals surface area contributed by atoms with Gasteiger partial charge in [0, 0.05) is 0 Å². The molecule has 15 heavy (non-hydrogen) atoms. The number of unbranched alkanes of at least 4 members (excludes halogenated alkanes) is 1. The highest BCUT2D eigenvalue weighted by Gasteiger charge is 2.20. The number of rotatable bonds is 8. The van der Waals surface area contributed by atoms with Gasteiger partial charge in [0.1, 0.15) is 0 Å². The van der Waals surface area contributed by atoms with Crippen LogP contribution in [0.4, 0.5) is 0 Å². The van der Waals surface area contributed by atoms with Crippen molar-refractivity contribution >= 4 is 5.97 Å². The molecule has 0 aliphatic heterocycles. The molecular formula is C12H24O3. The van der Waals surface area contributed by atoms with E-state index < -0.39 is 12.1 Å². The fourth-order valence-corrected chi connectivity index (χ4v) is 1.64. The lowest BCUT2D eigenvalue weighted by atomic mass is 10.1. The van der Waals surface area contributed by atoms with Gasteiger partial charge in [-0.2, -0.15) is 0 Å². The first kappa shape index (κ1) is 14.4. The van der Waals surface area contributed by atoms with Crippen molar-refractivity contribution in [2.45, 2.75) is 65.6 Å². The predicted molar refractivity (Wildman–Crippen MR) is 61.0 cm³/mol. The van der Waals surface area contributed by atoms with Gasteiger partial charge < -0.3 is 9.84 Å². The van der Waals surface area contributed by atoms with Crippen LogP contribution in [0.1, 0.15) is 53.4 Å². The first-order valence-electron chi connectivity index (χ1n) is 5.85. The molecule has 0 saturated heterocycles. The van der Waals surface area contributed by atoms with Gasteiger partial charge in [-0.05, 0) is 25.7 Å². The van der Waals surface area contributed by atoms with Gasteiger partial charge in [0.05, 0.1) is 6.10 Å². The Kier molecular flexibility index (Phi) is 7.39. The molecule has 0 amide bonds. The molecule has 0 radical (unpaired) electrons. The average Bonchev–Trinajstić information content (AvgIpc) is 2.10. The minimum absolute atomic E-state index is 0.0305. The Morgan fingerprint density at radius 1 is 1.33 bits per heavy atom. The summed E-state index contributed by atoms with van der Waals surface area (Å²) < 4.78 is 5.53. The Morgan fingerprint density at radius 3 is 2.33 bits per heavy atom. The Bertz CT molecular complexity index is 178. The quantitative estimate of drug-likeness (QED) is 0.678. The summed E-state index contributed by atoms with van der Waals surface area (Å²) in [6.45, 7) is 8.22. The Hall–Kier alpha value is -0.570. The lowest BCUT2D eigenvalue weighted by Crippen LogP contribution is -2.28. The van der Waals surface area contributed by atoms with Gasteiger partial charge in [0.15, 0.2) is 6.10 Å². The molecule has 2 atom stereocenters. The molecule has 3 nitrogen and oxygen atoms in total. The number of hydrogen-bond acceptors (Lipinski definition) is 2. The zero-order chi connectivity index (χ0) is 11.8. The maximum absolute atomic E-state index is 10.9. The lowest BCUT2D eigenvalue weighted by molar-refractivity contribution is -0.154. The van der Waals surface area contributed by atoms with Crippen molar-refractivity contribution in [3.05, 3.63) is 0 Å². The molecule has 0 bridgehead atoms. The van der Waals surface area contributed by atoms with Crippen molar-refractivity contribution in [2.75, 3.05) is 0 Å². The number of carboxylic acid groups (broad SMARTS) is 1. The minimum Gasteiger partial charge on any atom is -0.479 e. The van der Waals surface area contributed by atoms with Gasteiger partial charge in [0.25, 0.3) is 0 Å². The highest BCUT2D eigenvalue weighted by atomic mass is 16.5. The third kappa shape index (κ3) is 7.37. The molecule has 0 aromatic rings. The number of hydrogen-bond donors (Lipinski definition) is 1. The van der Waals surface area contributed by atoms with Gasteiger partial charge in [-0.25, -0.2) is 4.79 Å². The van der Waals surface area contributed by atoms with E-state index in [0.717, 1.165) is 19.3 Å². The molecule has 0 aliphatic rings. The first-order chi connectivity index (χ1) is 6.97. The summed E-state index contributed by atoms with van der Waals surface area (Å²) >= 11 is 0. The largest absolute Gasteiger partial charge is 0.479 e. The molecule has 0 fully saturated rings. The van der Waals surface area contributed by atoms with Crippen molar-refractivity contribution in [3.8, 4) is 0 Å². The highest BCUT2D eigenvalue weighted by Crippen LogP contribution is 2.13. The van der Waals surface area contributed by atoms with E-state index in [-0.39, 0.29) is 6.10 Å². The molecule has 0 aromatic heterocycles. The zero-order valence-corrected chi connectivity index (χ0v) is 10.3. The lowest BCUT2D eigenvalue weighted by Gasteiger charge is -2.20. The van der Waals surface area contributed by atoms with Gasteiger partial charge in [-0.1, -0.05) is 33.6 Å². The molecule has 0 aromatic carbocycles. The second kappa shape index (κ2) is 7.69. The molecule has 0 spiro atoms. The zero-order valence-electron chi connectivity index (χ0n) is 10.3.